The first-order chi connectivity index (χ1) is 21.0. The highest BCUT2D eigenvalue weighted by atomic mass is 16.5. The minimum atomic E-state index is -0.345. The highest BCUT2D eigenvalue weighted by Crippen LogP contribution is 2.60. The summed E-state index contributed by atoms with van der Waals surface area (Å²) in [6, 6.07) is 6.86. The molecule has 0 amide bonds. The lowest BCUT2D eigenvalue weighted by Crippen LogP contribution is -2.46. The smallest absolute Gasteiger partial charge is 0.302 e. The van der Waals surface area contributed by atoms with E-state index in [0.29, 0.717) is 53.3 Å². The first-order valence-corrected chi connectivity index (χ1v) is 17.0. The third-order valence-corrected chi connectivity index (χ3v) is 11.9. The summed E-state index contributed by atoms with van der Waals surface area (Å²) in [5.41, 5.74) is 3.80. The summed E-state index contributed by atoms with van der Waals surface area (Å²) in [5.74, 6) is 2.55. The predicted octanol–water partition coefficient (Wildman–Crippen LogP) is 7.76. The lowest BCUT2D eigenvalue weighted by Gasteiger charge is -2.45. The molecule has 6 heteroatoms. The van der Waals surface area contributed by atoms with Gasteiger partial charge in [-0.2, -0.15) is 0 Å². The van der Waals surface area contributed by atoms with Crippen LogP contribution in [0.3, 0.4) is 0 Å². The second kappa shape index (κ2) is 12.0. The molecule has 3 aliphatic carbocycles. The summed E-state index contributed by atoms with van der Waals surface area (Å²) in [7, 11) is 0. The van der Waals surface area contributed by atoms with Crippen molar-refractivity contribution < 1.29 is 9.53 Å². The number of hydrogen-bond acceptors (Lipinski definition) is 4. The fourth-order valence-electron chi connectivity index (χ4n) is 9.14. The number of allylic oxidation sites excluding steroid dienone is 5. The van der Waals surface area contributed by atoms with Crippen molar-refractivity contribution in [2.45, 2.75) is 112 Å². The second-order valence-electron chi connectivity index (χ2n) is 14.8. The maximum atomic E-state index is 14.2. The van der Waals surface area contributed by atoms with Crippen molar-refractivity contribution >= 4 is 16.7 Å². The SMILES string of the molecule is CC(=O)O[C@@H]1CCC2=C(C1)[C@@H](/C=C1\CCC[C@@]3(C)[C@@H]1CC[C@H]3[C@H](C)/C=C/[C@H](C)C(C)C)n1c(=O)c3ccccc3c(=O)n1C2. The highest BCUT2D eigenvalue weighted by Gasteiger charge is 2.50. The second-order valence-corrected chi connectivity index (χ2v) is 14.8. The lowest BCUT2D eigenvalue weighted by molar-refractivity contribution is -0.146. The number of nitrogens with zero attached hydrogens (tertiary/aromatic N) is 2. The summed E-state index contributed by atoms with van der Waals surface area (Å²) in [5, 5.41) is 0.953. The number of ether oxygens (including phenoxy) is 1. The molecule has 1 aromatic carbocycles. The normalized spacial score (nSPS) is 30.8. The van der Waals surface area contributed by atoms with E-state index >= 15 is 0 Å². The van der Waals surface area contributed by atoms with Crippen LogP contribution in [0.4, 0.5) is 0 Å². The van der Waals surface area contributed by atoms with Crippen LogP contribution in [-0.4, -0.2) is 21.4 Å². The van der Waals surface area contributed by atoms with E-state index in [4.69, 9.17) is 4.74 Å². The molecular weight excluding hydrogens is 548 g/mol. The Bertz CT molecular complexity index is 1650. The Morgan fingerprint density at radius 3 is 2.43 bits per heavy atom. The Morgan fingerprint density at radius 2 is 1.73 bits per heavy atom. The van der Waals surface area contributed by atoms with Crippen molar-refractivity contribution in [3.05, 3.63) is 79.9 Å². The summed E-state index contributed by atoms with van der Waals surface area (Å²) >= 11 is 0. The lowest BCUT2D eigenvalue weighted by atomic mass is 9.61. The first-order valence-electron chi connectivity index (χ1n) is 17.0. The van der Waals surface area contributed by atoms with Crippen molar-refractivity contribution in [1.82, 2.24) is 9.36 Å². The molecular formula is C38H50N2O4. The number of hydrogen-bond donors (Lipinski definition) is 0. The number of rotatable bonds is 6. The largest absolute Gasteiger partial charge is 0.462 e. The maximum Gasteiger partial charge on any atom is 0.302 e. The van der Waals surface area contributed by atoms with Gasteiger partial charge in [-0.15, -0.1) is 0 Å². The van der Waals surface area contributed by atoms with Gasteiger partial charge < -0.3 is 4.74 Å². The van der Waals surface area contributed by atoms with Gasteiger partial charge in [0.1, 0.15) is 6.10 Å². The van der Waals surface area contributed by atoms with E-state index in [-0.39, 0.29) is 34.6 Å². The zero-order chi connectivity index (χ0) is 31.3. The molecule has 6 rings (SSSR count). The Hall–Kier alpha value is -3.15. The number of benzene rings is 1. The fraction of sp³-hybridized carbons (Fsp3) is 0.605. The van der Waals surface area contributed by atoms with Crippen LogP contribution < -0.4 is 11.1 Å². The summed E-state index contributed by atoms with van der Waals surface area (Å²) in [4.78, 5) is 39.9. The zero-order valence-corrected chi connectivity index (χ0v) is 27.5. The van der Waals surface area contributed by atoms with Crippen LogP contribution >= 0.6 is 0 Å². The van der Waals surface area contributed by atoms with E-state index < -0.39 is 0 Å². The average molecular weight is 599 g/mol. The minimum absolute atomic E-state index is 0.108. The monoisotopic (exact) mass is 598 g/mol. The van der Waals surface area contributed by atoms with Gasteiger partial charge in [0.15, 0.2) is 0 Å². The third kappa shape index (κ3) is 5.37. The third-order valence-electron chi connectivity index (χ3n) is 11.9. The van der Waals surface area contributed by atoms with Gasteiger partial charge >= 0.3 is 5.97 Å². The van der Waals surface area contributed by atoms with Crippen molar-refractivity contribution in [1.29, 1.82) is 0 Å². The highest BCUT2D eigenvalue weighted by molar-refractivity contribution is 5.80. The number of carbonyl (C=O) groups is 1. The summed E-state index contributed by atoms with van der Waals surface area (Å²) < 4.78 is 9.15. The van der Waals surface area contributed by atoms with Gasteiger partial charge in [0.2, 0.25) is 0 Å². The van der Waals surface area contributed by atoms with E-state index in [1.165, 1.54) is 37.3 Å². The van der Waals surface area contributed by atoms with Gasteiger partial charge in [0.05, 0.1) is 23.4 Å². The Morgan fingerprint density at radius 1 is 1.00 bits per heavy atom. The summed E-state index contributed by atoms with van der Waals surface area (Å²) in [6.45, 7) is 13.7. The molecule has 44 heavy (non-hydrogen) atoms. The molecule has 0 spiro atoms. The fourth-order valence-corrected chi connectivity index (χ4v) is 9.14. The predicted molar refractivity (Wildman–Crippen MR) is 176 cm³/mol. The number of esters is 1. The molecule has 6 nitrogen and oxygen atoms in total. The molecule has 2 aromatic rings. The van der Waals surface area contributed by atoms with Crippen molar-refractivity contribution in [3.8, 4) is 0 Å². The minimum Gasteiger partial charge on any atom is -0.462 e. The van der Waals surface area contributed by atoms with E-state index in [9.17, 15) is 14.4 Å². The number of fused-ring (bicyclic) bond motifs is 3. The van der Waals surface area contributed by atoms with Gasteiger partial charge in [0.25, 0.3) is 11.1 Å². The van der Waals surface area contributed by atoms with Gasteiger partial charge in [0, 0.05) is 13.3 Å². The van der Waals surface area contributed by atoms with E-state index in [1.807, 2.05) is 12.1 Å². The Labute approximate surface area is 261 Å². The molecule has 0 N–H and O–H groups in total. The van der Waals surface area contributed by atoms with Gasteiger partial charge in [-0.3, -0.25) is 14.4 Å². The quantitative estimate of drug-likeness (QED) is 0.252. The molecule has 0 saturated heterocycles. The standard InChI is InChI=1S/C38H50N2O4/c1-23(2)24(3)13-14-25(4)33-17-18-34-27(10-9-19-38(33,34)6)20-35-32-21-29(44-26(5)41)16-15-28(32)22-39-36(42)30-11-7-8-12-31(30)37(43)40(35)39/h7-8,11-14,20,23-25,29,33-35H,9-10,15-19,21-22H2,1-6H3/b14-13+,27-20+/t24-,25+,29+,33-,34+,35+,38+/m0/s1. The molecule has 2 fully saturated rings. The van der Waals surface area contributed by atoms with Crippen LogP contribution in [-0.2, 0) is 16.1 Å². The van der Waals surface area contributed by atoms with Gasteiger partial charge in [-0.1, -0.05) is 70.6 Å². The molecule has 0 unspecified atom stereocenters. The maximum absolute atomic E-state index is 14.2. The molecule has 2 heterocycles. The molecule has 1 aromatic heterocycles. The molecule has 7 atom stereocenters. The van der Waals surface area contributed by atoms with Crippen molar-refractivity contribution in [2.24, 2.45) is 35.0 Å². The van der Waals surface area contributed by atoms with Crippen LogP contribution in [0.2, 0.25) is 0 Å². The first kappa shape index (κ1) is 30.9. The van der Waals surface area contributed by atoms with E-state index in [1.54, 1.807) is 21.5 Å². The van der Waals surface area contributed by atoms with Crippen LogP contribution in [0.5, 0.6) is 0 Å². The molecule has 0 radical (unpaired) electrons. The number of aromatic nitrogens is 2. The molecule has 0 bridgehead atoms. The van der Waals surface area contributed by atoms with Gasteiger partial charge in [-0.25, -0.2) is 9.36 Å². The van der Waals surface area contributed by atoms with Gasteiger partial charge in [-0.05, 0) is 103 Å². The van der Waals surface area contributed by atoms with Crippen LogP contribution in [0, 0.1) is 35.0 Å². The Balaban J connectivity index is 1.42. The molecule has 236 valence electrons. The van der Waals surface area contributed by atoms with E-state index in [0.717, 1.165) is 31.3 Å². The molecule has 1 aliphatic heterocycles. The number of carbonyl (C=O) groups excluding carboxylic acids is 1. The topological polar surface area (TPSA) is 70.3 Å². The van der Waals surface area contributed by atoms with Crippen LogP contribution in [0.1, 0.15) is 99.0 Å². The van der Waals surface area contributed by atoms with E-state index in [2.05, 4.69) is 52.8 Å². The molecule has 2 saturated carbocycles. The van der Waals surface area contributed by atoms with Crippen molar-refractivity contribution in [2.75, 3.05) is 0 Å². The van der Waals surface area contributed by atoms with Crippen LogP contribution in [0.15, 0.2) is 68.8 Å². The van der Waals surface area contributed by atoms with Crippen LogP contribution in [0.25, 0.3) is 10.8 Å². The van der Waals surface area contributed by atoms with Crippen molar-refractivity contribution in [3.63, 3.8) is 0 Å². The average Bonchev–Trinajstić information content (AvgIpc) is 3.36. The molecule has 4 aliphatic rings. The summed E-state index contributed by atoms with van der Waals surface area (Å²) in [6.07, 6.45) is 15.0. The zero-order valence-electron chi connectivity index (χ0n) is 27.5. The Kier molecular flexibility index (Phi) is 8.40.